The van der Waals surface area contributed by atoms with E-state index in [0.717, 1.165) is 17.9 Å². The zero-order valence-electron chi connectivity index (χ0n) is 10.0. The van der Waals surface area contributed by atoms with E-state index in [-0.39, 0.29) is 0 Å². The number of hydrogen-bond acceptors (Lipinski definition) is 2. The van der Waals surface area contributed by atoms with Gasteiger partial charge in [0, 0.05) is 5.56 Å². The molecular formula is C14H19NO. The Morgan fingerprint density at radius 3 is 3.00 bits per heavy atom. The first-order chi connectivity index (χ1) is 7.80. The summed E-state index contributed by atoms with van der Waals surface area (Å²) >= 11 is 0. The van der Waals surface area contributed by atoms with Crippen molar-refractivity contribution >= 4 is 6.08 Å². The number of fused-ring (bicyclic) bond motifs is 1. The molecule has 0 heterocycles. The van der Waals surface area contributed by atoms with Gasteiger partial charge in [0.2, 0.25) is 0 Å². The number of hydrogen-bond donors (Lipinski definition) is 1. The molecule has 1 unspecified atom stereocenters. The Morgan fingerprint density at radius 1 is 1.56 bits per heavy atom. The zero-order valence-corrected chi connectivity index (χ0v) is 10.0. The second-order valence-electron chi connectivity index (χ2n) is 4.29. The molecule has 2 rings (SSSR count). The van der Waals surface area contributed by atoms with Crippen molar-refractivity contribution in [1.29, 1.82) is 0 Å². The molecule has 0 amide bonds. The number of nitrogens with one attached hydrogen (secondary N) is 1. The summed E-state index contributed by atoms with van der Waals surface area (Å²) in [6, 6.07) is 4.38. The van der Waals surface area contributed by atoms with Crippen LogP contribution in [0.15, 0.2) is 18.7 Å². The molecule has 0 bridgehead atoms. The molecule has 86 valence electrons. The highest BCUT2D eigenvalue weighted by Gasteiger charge is 2.26. The molecule has 1 aliphatic rings. The molecule has 0 saturated carbocycles. The molecule has 0 radical (unpaired) electrons. The molecule has 1 aromatic carbocycles. The van der Waals surface area contributed by atoms with Gasteiger partial charge in [0.15, 0.2) is 0 Å². The fraction of sp³-hybridized carbons (Fsp3) is 0.429. The van der Waals surface area contributed by atoms with Crippen LogP contribution in [0.2, 0.25) is 0 Å². The van der Waals surface area contributed by atoms with Crippen LogP contribution < -0.4 is 10.1 Å². The largest absolute Gasteiger partial charge is 0.496 e. The molecule has 0 aliphatic heterocycles. The molecule has 1 aliphatic carbocycles. The van der Waals surface area contributed by atoms with E-state index >= 15 is 0 Å². The molecular weight excluding hydrogens is 198 g/mol. The number of methoxy groups -OCH3 is 1. The molecule has 0 aromatic heterocycles. The van der Waals surface area contributed by atoms with E-state index in [0.29, 0.717) is 5.92 Å². The minimum absolute atomic E-state index is 0.715. The lowest BCUT2D eigenvalue weighted by Crippen LogP contribution is -2.22. The van der Waals surface area contributed by atoms with Crippen LogP contribution in [0.3, 0.4) is 0 Å². The second kappa shape index (κ2) is 4.71. The quantitative estimate of drug-likeness (QED) is 0.818. The maximum atomic E-state index is 5.34. The Morgan fingerprint density at radius 2 is 2.38 bits per heavy atom. The lowest BCUT2D eigenvalue weighted by atomic mass is 9.75. The lowest BCUT2D eigenvalue weighted by molar-refractivity contribution is 0.410. The maximum Gasteiger partial charge on any atom is 0.126 e. The SMILES string of the molecule is C=Cc1cc2c(cc1OC)CC2CCNC. The Kier molecular flexibility index (Phi) is 3.30. The van der Waals surface area contributed by atoms with Crippen molar-refractivity contribution in [1.82, 2.24) is 5.32 Å². The highest BCUT2D eigenvalue weighted by atomic mass is 16.5. The topological polar surface area (TPSA) is 21.3 Å². The Balaban J connectivity index is 2.21. The summed E-state index contributed by atoms with van der Waals surface area (Å²) in [5.41, 5.74) is 4.02. The molecule has 1 aromatic rings. The van der Waals surface area contributed by atoms with Crippen LogP contribution in [-0.4, -0.2) is 20.7 Å². The van der Waals surface area contributed by atoms with Crippen LogP contribution in [0.4, 0.5) is 0 Å². The number of benzene rings is 1. The van der Waals surface area contributed by atoms with Crippen LogP contribution >= 0.6 is 0 Å². The minimum Gasteiger partial charge on any atom is -0.496 e. The predicted octanol–water partition coefficient (Wildman–Crippen LogP) is 2.59. The summed E-state index contributed by atoms with van der Waals surface area (Å²) in [5, 5.41) is 3.20. The van der Waals surface area contributed by atoms with E-state index in [1.54, 1.807) is 7.11 Å². The third-order valence-electron chi connectivity index (χ3n) is 3.36. The van der Waals surface area contributed by atoms with Gasteiger partial charge in [-0.25, -0.2) is 0 Å². The standard InChI is InChI=1S/C14H19NO/c1-4-10-8-13-11(5-6-15-2)7-12(13)9-14(10)16-3/h4,8-9,11,15H,1,5-7H2,2-3H3. The first kappa shape index (κ1) is 11.2. The number of ether oxygens (including phenoxy) is 1. The van der Waals surface area contributed by atoms with Crippen molar-refractivity contribution in [3.63, 3.8) is 0 Å². The summed E-state index contributed by atoms with van der Waals surface area (Å²) in [5.74, 6) is 1.66. The minimum atomic E-state index is 0.715. The Bertz CT molecular complexity index is 398. The van der Waals surface area contributed by atoms with Gasteiger partial charge in [0.1, 0.15) is 5.75 Å². The van der Waals surface area contributed by atoms with Crippen molar-refractivity contribution in [3.05, 3.63) is 35.4 Å². The predicted molar refractivity (Wildman–Crippen MR) is 68.1 cm³/mol. The molecule has 0 saturated heterocycles. The van der Waals surface area contributed by atoms with Gasteiger partial charge in [0.05, 0.1) is 7.11 Å². The molecule has 2 heteroatoms. The van der Waals surface area contributed by atoms with Crippen molar-refractivity contribution in [2.24, 2.45) is 0 Å². The summed E-state index contributed by atoms with van der Waals surface area (Å²) in [6.07, 6.45) is 4.27. The highest BCUT2D eigenvalue weighted by molar-refractivity contribution is 5.61. The third-order valence-corrected chi connectivity index (χ3v) is 3.36. The molecule has 0 fully saturated rings. The van der Waals surface area contributed by atoms with Gasteiger partial charge in [-0.05, 0) is 55.6 Å². The molecule has 2 nitrogen and oxygen atoms in total. The molecule has 1 N–H and O–H groups in total. The zero-order chi connectivity index (χ0) is 11.5. The van der Waals surface area contributed by atoms with Gasteiger partial charge in [-0.2, -0.15) is 0 Å². The normalized spacial score (nSPS) is 17.5. The van der Waals surface area contributed by atoms with E-state index < -0.39 is 0 Å². The van der Waals surface area contributed by atoms with E-state index in [2.05, 4.69) is 24.0 Å². The molecule has 1 atom stereocenters. The van der Waals surface area contributed by atoms with E-state index in [4.69, 9.17) is 4.74 Å². The summed E-state index contributed by atoms with van der Waals surface area (Å²) < 4.78 is 5.34. The van der Waals surface area contributed by atoms with Crippen LogP contribution in [0.1, 0.15) is 29.0 Å². The number of rotatable bonds is 5. The van der Waals surface area contributed by atoms with Gasteiger partial charge in [-0.1, -0.05) is 12.7 Å². The average molecular weight is 217 g/mol. The first-order valence-electron chi connectivity index (χ1n) is 5.78. The lowest BCUT2D eigenvalue weighted by Gasteiger charge is -2.31. The Labute approximate surface area is 97.3 Å². The Hall–Kier alpha value is -1.28. The van der Waals surface area contributed by atoms with Gasteiger partial charge in [-0.3, -0.25) is 0 Å². The smallest absolute Gasteiger partial charge is 0.126 e. The van der Waals surface area contributed by atoms with Crippen molar-refractivity contribution in [2.45, 2.75) is 18.8 Å². The molecule has 0 spiro atoms. The maximum absolute atomic E-state index is 5.34. The first-order valence-corrected chi connectivity index (χ1v) is 5.78. The van der Waals surface area contributed by atoms with Gasteiger partial charge in [0.25, 0.3) is 0 Å². The van der Waals surface area contributed by atoms with Crippen LogP contribution in [0.25, 0.3) is 6.08 Å². The van der Waals surface area contributed by atoms with Crippen LogP contribution in [0, 0.1) is 0 Å². The van der Waals surface area contributed by atoms with Crippen molar-refractivity contribution < 1.29 is 4.74 Å². The average Bonchev–Trinajstić information content (AvgIpc) is 2.30. The summed E-state index contributed by atoms with van der Waals surface area (Å²) in [4.78, 5) is 0. The van der Waals surface area contributed by atoms with Gasteiger partial charge < -0.3 is 10.1 Å². The molecule has 16 heavy (non-hydrogen) atoms. The van der Waals surface area contributed by atoms with Crippen LogP contribution in [0.5, 0.6) is 5.75 Å². The summed E-state index contributed by atoms with van der Waals surface area (Å²) in [6.45, 7) is 4.91. The highest BCUT2D eigenvalue weighted by Crippen LogP contribution is 2.41. The summed E-state index contributed by atoms with van der Waals surface area (Å²) in [7, 11) is 3.72. The van der Waals surface area contributed by atoms with Gasteiger partial charge >= 0.3 is 0 Å². The van der Waals surface area contributed by atoms with Crippen molar-refractivity contribution in [3.8, 4) is 5.75 Å². The monoisotopic (exact) mass is 217 g/mol. The van der Waals surface area contributed by atoms with Crippen molar-refractivity contribution in [2.75, 3.05) is 20.7 Å². The third kappa shape index (κ3) is 1.85. The van der Waals surface area contributed by atoms with Gasteiger partial charge in [-0.15, -0.1) is 0 Å². The fourth-order valence-corrected chi connectivity index (χ4v) is 2.37. The fourth-order valence-electron chi connectivity index (χ4n) is 2.37. The van der Waals surface area contributed by atoms with E-state index in [1.807, 2.05) is 13.1 Å². The van der Waals surface area contributed by atoms with E-state index in [9.17, 15) is 0 Å². The van der Waals surface area contributed by atoms with Crippen LogP contribution in [-0.2, 0) is 6.42 Å². The van der Waals surface area contributed by atoms with E-state index in [1.165, 1.54) is 24.0 Å². The second-order valence-corrected chi connectivity index (χ2v) is 4.29.